The Morgan fingerprint density at radius 3 is 2.71 bits per heavy atom. The summed E-state index contributed by atoms with van der Waals surface area (Å²) in [6.07, 6.45) is 0.449. The lowest BCUT2D eigenvalue weighted by Crippen LogP contribution is -2.05. The van der Waals surface area contributed by atoms with Crippen LogP contribution in [0, 0.1) is 22.2 Å². The third kappa shape index (κ3) is 1.97. The molecule has 0 saturated heterocycles. The molecule has 0 saturated carbocycles. The highest BCUT2D eigenvalue weighted by atomic mass is 32.1. The topological polar surface area (TPSA) is 33.6 Å². The Morgan fingerprint density at radius 1 is 1.35 bits per heavy atom. The first-order valence-corrected chi connectivity index (χ1v) is 5.26. The second-order valence-electron chi connectivity index (χ2n) is 3.35. The third-order valence-corrected chi connectivity index (χ3v) is 2.55. The number of hydrogen-bond acceptors (Lipinski definition) is 2. The number of H-pyrrole nitrogens is 1. The van der Waals surface area contributed by atoms with E-state index in [0.717, 1.165) is 6.07 Å². The molecule has 1 N–H and O–H groups in total. The van der Waals surface area contributed by atoms with Gasteiger partial charge in [-0.2, -0.15) is 5.10 Å². The number of hydrogen-bond donors (Lipinski definition) is 1. The van der Waals surface area contributed by atoms with Gasteiger partial charge in [-0.25, -0.2) is 13.2 Å². The van der Waals surface area contributed by atoms with Crippen LogP contribution in [0.4, 0.5) is 13.2 Å². The van der Waals surface area contributed by atoms with Gasteiger partial charge in [0.1, 0.15) is 11.6 Å². The lowest BCUT2D eigenvalue weighted by Gasteiger charge is -2.07. The van der Waals surface area contributed by atoms with Crippen LogP contribution in [-0.2, 0) is 6.42 Å². The minimum Gasteiger partial charge on any atom is -0.269 e. The number of aryl methyl sites for hydroxylation is 1. The van der Waals surface area contributed by atoms with E-state index in [1.807, 2.05) is 0 Å². The Kier molecular flexibility index (Phi) is 3.01. The highest BCUT2D eigenvalue weighted by Crippen LogP contribution is 2.20. The van der Waals surface area contributed by atoms with Crippen LogP contribution >= 0.6 is 12.2 Å². The quantitative estimate of drug-likeness (QED) is 0.664. The number of nitrogens with zero attached hydrogens (tertiary/aromatic N) is 2. The molecule has 2 rings (SSSR count). The van der Waals surface area contributed by atoms with Crippen molar-refractivity contribution in [1.29, 1.82) is 0 Å². The molecule has 90 valence electrons. The summed E-state index contributed by atoms with van der Waals surface area (Å²) in [5, 5.41) is 6.30. The zero-order chi connectivity index (χ0) is 12.6. The fourth-order valence-corrected chi connectivity index (χ4v) is 1.77. The Balaban J connectivity index is 2.76. The van der Waals surface area contributed by atoms with Gasteiger partial charge in [-0.15, -0.1) is 0 Å². The minimum absolute atomic E-state index is 0.0887. The highest BCUT2D eigenvalue weighted by molar-refractivity contribution is 7.71. The average Bonchev–Trinajstić information content (AvgIpc) is 2.65. The number of halogens is 3. The summed E-state index contributed by atoms with van der Waals surface area (Å²) < 4.78 is 41.0. The SMILES string of the molecule is CCc1n[nH]c(=S)n1-c1cc(F)cc(F)c1F. The lowest BCUT2D eigenvalue weighted by atomic mass is 10.2. The number of nitrogens with one attached hydrogen (secondary N) is 1. The number of aromatic nitrogens is 3. The van der Waals surface area contributed by atoms with Crippen molar-refractivity contribution in [2.75, 3.05) is 0 Å². The average molecular weight is 259 g/mol. The molecule has 0 unspecified atom stereocenters. The maximum Gasteiger partial charge on any atom is 0.199 e. The molecule has 17 heavy (non-hydrogen) atoms. The van der Waals surface area contributed by atoms with E-state index in [9.17, 15) is 13.2 Å². The highest BCUT2D eigenvalue weighted by Gasteiger charge is 2.16. The zero-order valence-electron chi connectivity index (χ0n) is 8.80. The van der Waals surface area contributed by atoms with E-state index in [4.69, 9.17) is 12.2 Å². The van der Waals surface area contributed by atoms with E-state index in [1.165, 1.54) is 4.57 Å². The molecule has 0 aliphatic heterocycles. The van der Waals surface area contributed by atoms with Gasteiger partial charge < -0.3 is 0 Å². The molecule has 1 aromatic heterocycles. The maximum atomic E-state index is 13.6. The molecule has 7 heteroatoms. The van der Waals surface area contributed by atoms with Gasteiger partial charge in [0.15, 0.2) is 16.4 Å². The van der Waals surface area contributed by atoms with E-state index in [-0.39, 0.29) is 10.5 Å². The monoisotopic (exact) mass is 259 g/mol. The summed E-state index contributed by atoms with van der Waals surface area (Å²) in [4.78, 5) is 0. The van der Waals surface area contributed by atoms with Crippen LogP contribution in [0.3, 0.4) is 0 Å². The van der Waals surface area contributed by atoms with Crippen LogP contribution < -0.4 is 0 Å². The van der Waals surface area contributed by atoms with E-state index < -0.39 is 17.5 Å². The van der Waals surface area contributed by atoms with Crippen molar-refractivity contribution in [1.82, 2.24) is 14.8 Å². The van der Waals surface area contributed by atoms with Gasteiger partial charge in [0, 0.05) is 18.6 Å². The van der Waals surface area contributed by atoms with Gasteiger partial charge >= 0.3 is 0 Å². The van der Waals surface area contributed by atoms with Crippen molar-refractivity contribution in [2.24, 2.45) is 0 Å². The van der Waals surface area contributed by atoms with Crippen LogP contribution in [0.1, 0.15) is 12.7 Å². The molecule has 2 aromatic rings. The lowest BCUT2D eigenvalue weighted by molar-refractivity contribution is 0.489. The zero-order valence-corrected chi connectivity index (χ0v) is 9.61. The van der Waals surface area contributed by atoms with Crippen LogP contribution in [0.5, 0.6) is 0 Å². The number of aromatic amines is 1. The molecule has 0 fully saturated rings. The van der Waals surface area contributed by atoms with Crippen molar-refractivity contribution in [3.63, 3.8) is 0 Å². The van der Waals surface area contributed by atoms with E-state index in [1.54, 1.807) is 6.92 Å². The molecule has 0 spiro atoms. The van der Waals surface area contributed by atoms with Crippen LogP contribution in [0.2, 0.25) is 0 Å². The molecule has 0 amide bonds. The molecule has 1 heterocycles. The second kappa shape index (κ2) is 4.33. The standard InChI is InChI=1S/C10H8F3N3S/c1-2-8-14-15-10(17)16(8)7-4-5(11)3-6(12)9(7)13/h3-4H,2H2,1H3,(H,15,17). The molecule has 1 aromatic carbocycles. The second-order valence-corrected chi connectivity index (χ2v) is 3.74. The van der Waals surface area contributed by atoms with Crippen molar-refractivity contribution >= 4 is 12.2 Å². The Morgan fingerprint density at radius 2 is 2.06 bits per heavy atom. The van der Waals surface area contributed by atoms with E-state index >= 15 is 0 Å². The first kappa shape index (κ1) is 11.8. The minimum atomic E-state index is -1.26. The predicted octanol–water partition coefficient (Wildman–Crippen LogP) is 2.91. The van der Waals surface area contributed by atoms with Gasteiger partial charge in [0.25, 0.3) is 0 Å². The maximum absolute atomic E-state index is 13.6. The summed E-state index contributed by atoms with van der Waals surface area (Å²) in [6, 6.07) is 1.36. The van der Waals surface area contributed by atoms with Crippen molar-refractivity contribution < 1.29 is 13.2 Å². The first-order valence-electron chi connectivity index (χ1n) is 4.85. The molecule has 0 bridgehead atoms. The Labute approximate surface area is 99.9 Å². The third-order valence-electron chi connectivity index (χ3n) is 2.27. The first-order chi connectivity index (χ1) is 8.04. The van der Waals surface area contributed by atoms with Crippen LogP contribution in [0.15, 0.2) is 12.1 Å². The van der Waals surface area contributed by atoms with E-state index in [2.05, 4.69) is 10.2 Å². The van der Waals surface area contributed by atoms with Crippen molar-refractivity contribution in [2.45, 2.75) is 13.3 Å². The number of rotatable bonds is 2. The predicted molar refractivity (Wildman–Crippen MR) is 58.0 cm³/mol. The van der Waals surface area contributed by atoms with Crippen LogP contribution in [-0.4, -0.2) is 14.8 Å². The van der Waals surface area contributed by atoms with Gasteiger partial charge in [-0.05, 0) is 12.2 Å². The fraction of sp³-hybridized carbons (Fsp3) is 0.200. The summed E-state index contributed by atoms with van der Waals surface area (Å²) in [7, 11) is 0. The summed E-state index contributed by atoms with van der Waals surface area (Å²) >= 11 is 4.90. The van der Waals surface area contributed by atoms with Gasteiger partial charge in [-0.1, -0.05) is 6.92 Å². The van der Waals surface area contributed by atoms with Crippen molar-refractivity contribution in [3.8, 4) is 5.69 Å². The van der Waals surface area contributed by atoms with Gasteiger partial charge in [0.2, 0.25) is 0 Å². The Hall–Kier alpha value is -1.63. The molecule has 0 atom stereocenters. The summed E-state index contributed by atoms with van der Waals surface area (Å²) in [6.45, 7) is 1.77. The summed E-state index contributed by atoms with van der Waals surface area (Å²) in [5.41, 5.74) is -0.280. The molecular weight excluding hydrogens is 251 g/mol. The normalized spacial score (nSPS) is 10.8. The fourth-order valence-electron chi connectivity index (χ4n) is 1.52. The van der Waals surface area contributed by atoms with Crippen molar-refractivity contribution in [3.05, 3.63) is 40.2 Å². The van der Waals surface area contributed by atoms with Crippen LogP contribution in [0.25, 0.3) is 5.69 Å². The molecule has 0 aliphatic carbocycles. The molecule has 0 aliphatic rings. The summed E-state index contributed by atoms with van der Waals surface area (Å²) in [5.74, 6) is -2.88. The number of benzene rings is 1. The van der Waals surface area contributed by atoms with E-state index in [0.29, 0.717) is 18.3 Å². The Bertz CT molecular complexity index is 618. The van der Waals surface area contributed by atoms with Gasteiger partial charge in [0.05, 0.1) is 5.69 Å². The molecular formula is C10H8F3N3S. The largest absolute Gasteiger partial charge is 0.269 e. The smallest absolute Gasteiger partial charge is 0.199 e. The van der Waals surface area contributed by atoms with Gasteiger partial charge in [-0.3, -0.25) is 9.67 Å². The molecule has 0 radical (unpaired) electrons. The molecule has 3 nitrogen and oxygen atoms in total.